The van der Waals surface area contributed by atoms with E-state index in [2.05, 4.69) is 28.5 Å². The van der Waals surface area contributed by atoms with Crippen LogP contribution in [0.15, 0.2) is 43.0 Å². The Balaban J connectivity index is 1.87. The van der Waals surface area contributed by atoms with E-state index in [1.54, 1.807) is 6.08 Å². The van der Waals surface area contributed by atoms with Gasteiger partial charge in [0.2, 0.25) is 5.91 Å². The molecule has 0 spiro atoms. The Hall–Kier alpha value is -2.07. The number of amides is 1. The Morgan fingerprint density at radius 2 is 1.82 bits per heavy atom. The van der Waals surface area contributed by atoms with Crippen LogP contribution in [0.4, 0.5) is 5.69 Å². The Kier molecular flexibility index (Phi) is 5.78. The van der Waals surface area contributed by atoms with E-state index in [4.69, 9.17) is 0 Å². The second-order valence-corrected chi connectivity index (χ2v) is 5.73. The molecule has 0 atom stereocenters. The lowest BCUT2D eigenvalue weighted by molar-refractivity contribution is -0.127. The molecule has 0 saturated carbocycles. The number of hydrogen-bond donors (Lipinski definition) is 0. The first-order valence-corrected chi connectivity index (χ1v) is 7.68. The molecule has 4 nitrogen and oxygen atoms in total. The topological polar surface area (TPSA) is 26.8 Å². The van der Waals surface area contributed by atoms with E-state index >= 15 is 0 Å². The Morgan fingerprint density at radius 3 is 2.36 bits per heavy atom. The summed E-state index contributed by atoms with van der Waals surface area (Å²) in [6.45, 7) is 8.07. The minimum Gasteiger partial charge on any atom is -0.378 e. The van der Waals surface area contributed by atoms with Gasteiger partial charge in [-0.15, -0.1) is 6.58 Å². The molecule has 0 radical (unpaired) electrons. The molecular weight excluding hydrogens is 274 g/mol. The van der Waals surface area contributed by atoms with Gasteiger partial charge in [-0.2, -0.15) is 0 Å². The molecule has 1 aliphatic rings. The molecule has 0 N–H and O–H groups in total. The fraction of sp³-hybridized carbons (Fsp3) is 0.389. The lowest BCUT2D eigenvalue weighted by atomic mass is 10.2. The summed E-state index contributed by atoms with van der Waals surface area (Å²) in [5, 5.41) is 0. The number of nitrogens with zero attached hydrogens (tertiary/aromatic N) is 3. The molecule has 1 saturated heterocycles. The van der Waals surface area contributed by atoms with Gasteiger partial charge >= 0.3 is 0 Å². The maximum Gasteiger partial charge on any atom is 0.246 e. The Morgan fingerprint density at radius 1 is 1.18 bits per heavy atom. The predicted octanol–water partition coefficient (Wildman–Crippen LogP) is 2.10. The van der Waals surface area contributed by atoms with Gasteiger partial charge < -0.3 is 9.80 Å². The average molecular weight is 299 g/mol. The van der Waals surface area contributed by atoms with Gasteiger partial charge in [0.15, 0.2) is 0 Å². The summed E-state index contributed by atoms with van der Waals surface area (Å²) < 4.78 is 0. The third kappa shape index (κ3) is 4.46. The summed E-state index contributed by atoms with van der Waals surface area (Å²) >= 11 is 0. The first-order chi connectivity index (χ1) is 10.6. The summed E-state index contributed by atoms with van der Waals surface area (Å²) in [4.78, 5) is 18.5. The molecule has 1 aliphatic heterocycles. The first-order valence-electron chi connectivity index (χ1n) is 7.68. The zero-order valence-corrected chi connectivity index (χ0v) is 13.5. The second kappa shape index (κ2) is 7.80. The third-order valence-corrected chi connectivity index (χ3v) is 3.90. The van der Waals surface area contributed by atoms with E-state index in [1.807, 2.05) is 43.3 Å². The summed E-state index contributed by atoms with van der Waals surface area (Å²) in [6, 6.07) is 8.17. The smallest absolute Gasteiger partial charge is 0.246 e. The van der Waals surface area contributed by atoms with Crippen LogP contribution in [0, 0.1) is 0 Å². The van der Waals surface area contributed by atoms with Crippen LogP contribution >= 0.6 is 0 Å². The highest BCUT2D eigenvalue weighted by Gasteiger charge is 2.18. The minimum atomic E-state index is 0.0925. The molecule has 4 heteroatoms. The molecule has 1 amide bonds. The monoisotopic (exact) mass is 299 g/mol. The van der Waals surface area contributed by atoms with E-state index < -0.39 is 0 Å². The largest absolute Gasteiger partial charge is 0.378 e. The third-order valence-electron chi connectivity index (χ3n) is 3.90. The maximum absolute atomic E-state index is 12.2. The first kappa shape index (κ1) is 16.3. The van der Waals surface area contributed by atoms with E-state index in [-0.39, 0.29) is 5.91 Å². The number of benzene rings is 1. The van der Waals surface area contributed by atoms with Crippen molar-refractivity contribution in [3.05, 3.63) is 48.6 Å². The van der Waals surface area contributed by atoms with E-state index in [1.165, 1.54) is 0 Å². The fourth-order valence-corrected chi connectivity index (χ4v) is 2.49. The molecule has 22 heavy (non-hydrogen) atoms. The van der Waals surface area contributed by atoms with Crippen molar-refractivity contribution in [1.29, 1.82) is 0 Å². The molecule has 0 bridgehead atoms. The molecule has 0 aliphatic carbocycles. The van der Waals surface area contributed by atoms with E-state index in [9.17, 15) is 4.79 Å². The van der Waals surface area contributed by atoms with Crippen molar-refractivity contribution in [3.8, 4) is 0 Å². The SMILES string of the molecule is C=CCN1CCN(C(=O)C=Cc2ccc(N(C)C)cc2)CC1. The predicted molar refractivity (Wildman–Crippen MR) is 93.0 cm³/mol. The van der Waals surface area contributed by atoms with Gasteiger partial charge in [0, 0.05) is 58.6 Å². The fourth-order valence-electron chi connectivity index (χ4n) is 2.49. The number of carbonyl (C=O) groups excluding carboxylic acids is 1. The molecule has 118 valence electrons. The number of hydrogen-bond acceptors (Lipinski definition) is 3. The van der Waals surface area contributed by atoms with Crippen LogP contribution in [-0.4, -0.2) is 62.5 Å². The van der Waals surface area contributed by atoms with Gasteiger partial charge in [0.25, 0.3) is 0 Å². The zero-order chi connectivity index (χ0) is 15.9. The highest BCUT2D eigenvalue weighted by molar-refractivity contribution is 5.91. The lowest BCUT2D eigenvalue weighted by Crippen LogP contribution is -2.48. The standard InChI is InChI=1S/C18H25N3O/c1-4-11-20-12-14-21(15-13-20)18(22)10-7-16-5-8-17(9-6-16)19(2)3/h4-10H,1,11-15H2,2-3H3. The van der Waals surface area contributed by atoms with Crippen molar-refractivity contribution in [2.45, 2.75) is 0 Å². The van der Waals surface area contributed by atoms with Crippen LogP contribution in [-0.2, 0) is 4.79 Å². The van der Waals surface area contributed by atoms with Crippen molar-refractivity contribution < 1.29 is 4.79 Å². The molecular formula is C18H25N3O. The van der Waals surface area contributed by atoms with Crippen molar-refractivity contribution in [3.63, 3.8) is 0 Å². The van der Waals surface area contributed by atoms with Crippen molar-refractivity contribution in [1.82, 2.24) is 9.80 Å². The maximum atomic E-state index is 12.2. The van der Waals surface area contributed by atoms with E-state index in [0.717, 1.165) is 44.0 Å². The highest BCUT2D eigenvalue weighted by atomic mass is 16.2. The van der Waals surface area contributed by atoms with Gasteiger partial charge in [-0.3, -0.25) is 9.69 Å². The summed E-state index contributed by atoms with van der Waals surface area (Å²) in [5.74, 6) is 0.0925. The average Bonchev–Trinajstić information content (AvgIpc) is 2.54. The molecule has 1 heterocycles. The number of rotatable bonds is 5. The quantitative estimate of drug-likeness (QED) is 0.615. The second-order valence-electron chi connectivity index (χ2n) is 5.73. The molecule has 0 aromatic heterocycles. The van der Waals surface area contributed by atoms with E-state index in [0.29, 0.717) is 0 Å². The minimum absolute atomic E-state index is 0.0925. The normalized spacial score (nSPS) is 16.0. The van der Waals surface area contributed by atoms with Gasteiger partial charge in [-0.1, -0.05) is 18.2 Å². The Labute approximate surface area is 133 Å². The van der Waals surface area contributed by atoms with Crippen molar-refractivity contribution in [2.24, 2.45) is 0 Å². The molecule has 1 fully saturated rings. The van der Waals surface area contributed by atoms with Gasteiger partial charge in [0.05, 0.1) is 0 Å². The Bertz CT molecular complexity index is 526. The molecule has 1 aromatic carbocycles. The van der Waals surface area contributed by atoms with Gasteiger partial charge in [-0.05, 0) is 23.8 Å². The van der Waals surface area contributed by atoms with Crippen LogP contribution in [0.2, 0.25) is 0 Å². The van der Waals surface area contributed by atoms with Crippen LogP contribution in [0.3, 0.4) is 0 Å². The highest BCUT2D eigenvalue weighted by Crippen LogP contribution is 2.13. The van der Waals surface area contributed by atoms with Crippen molar-refractivity contribution >= 4 is 17.7 Å². The lowest BCUT2D eigenvalue weighted by Gasteiger charge is -2.33. The van der Waals surface area contributed by atoms with Crippen LogP contribution in [0.1, 0.15) is 5.56 Å². The summed E-state index contributed by atoms with van der Waals surface area (Å²) in [5.41, 5.74) is 2.20. The van der Waals surface area contributed by atoms with Crippen LogP contribution < -0.4 is 4.90 Å². The van der Waals surface area contributed by atoms with Crippen LogP contribution in [0.25, 0.3) is 6.08 Å². The van der Waals surface area contributed by atoms with Crippen molar-refractivity contribution in [2.75, 3.05) is 51.7 Å². The number of carbonyl (C=O) groups is 1. The molecule has 1 aromatic rings. The molecule has 0 unspecified atom stereocenters. The van der Waals surface area contributed by atoms with Crippen LogP contribution in [0.5, 0.6) is 0 Å². The zero-order valence-electron chi connectivity index (χ0n) is 13.5. The van der Waals surface area contributed by atoms with Gasteiger partial charge in [0.1, 0.15) is 0 Å². The number of anilines is 1. The molecule has 2 rings (SSSR count). The summed E-state index contributed by atoms with van der Waals surface area (Å²) in [7, 11) is 4.03. The van der Waals surface area contributed by atoms with Gasteiger partial charge in [-0.25, -0.2) is 0 Å². The summed E-state index contributed by atoms with van der Waals surface area (Å²) in [6.07, 6.45) is 5.47. The number of piperazine rings is 1.